The molecule has 2 aromatic carbocycles. The summed E-state index contributed by atoms with van der Waals surface area (Å²) in [7, 11) is 0. The lowest BCUT2D eigenvalue weighted by molar-refractivity contribution is 0.112. The van der Waals surface area contributed by atoms with Crippen LogP contribution in [0.4, 0.5) is 0 Å². The van der Waals surface area contributed by atoms with Crippen LogP contribution in [-0.2, 0) is 12.8 Å². The van der Waals surface area contributed by atoms with Gasteiger partial charge < -0.3 is 9.84 Å². The Morgan fingerprint density at radius 2 is 1.86 bits per heavy atom. The average molecular weight is 347 g/mol. The van der Waals surface area contributed by atoms with E-state index >= 15 is 0 Å². The second-order valence-corrected chi connectivity index (χ2v) is 6.35. The van der Waals surface area contributed by atoms with Crippen LogP contribution in [0.1, 0.15) is 29.7 Å². The van der Waals surface area contributed by atoms with Crippen molar-refractivity contribution in [2.24, 2.45) is 5.92 Å². The standard InChI is InChI=1S/C18H19BrO2/c1-2-21-15-7-8-16(17(19)11-15)18(20)14-9-12-5-3-4-6-13(12)10-14/h3-8,11,14,18,20H,2,9-10H2,1H3. The summed E-state index contributed by atoms with van der Waals surface area (Å²) in [5.41, 5.74) is 3.67. The normalized spacial score (nSPS) is 15.8. The predicted octanol–water partition coefficient (Wildman–Crippen LogP) is 4.30. The van der Waals surface area contributed by atoms with E-state index in [0.29, 0.717) is 6.61 Å². The van der Waals surface area contributed by atoms with Crippen molar-refractivity contribution in [3.63, 3.8) is 0 Å². The van der Waals surface area contributed by atoms with E-state index in [-0.39, 0.29) is 5.92 Å². The molecule has 2 nitrogen and oxygen atoms in total. The van der Waals surface area contributed by atoms with Gasteiger partial charge in [-0.05, 0) is 54.5 Å². The molecule has 1 atom stereocenters. The summed E-state index contributed by atoms with van der Waals surface area (Å²) in [4.78, 5) is 0. The Balaban J connectivity index is 1.79. The molecule has 1 unspecified atom stereocenters. The fraction of sp³-hybridized carbons (Fsp3) is 0.333. The minimum Gasteiger partial charge on any atom is -0.494 e. The Labute approximate surface area is 133 Å². The third-order valence-corrected chi connectivity index (χ3v) is 4.82. The van der Waals surface area contributed by atoms with Crippen LogP contribution in [0, 0.1) is 5.92 Å². The predicted molar refractivity (Wildman–Crippen MR) is 87.6 cm³/mol. The number of hydrogen-bond acceptors (Lipinski definition) is 2. The molecule has 0 saturated heterocycles. The van der Waals surface area contributed by atoms with Crippen molar-refractivity contribution in [2.75, 3.05) is 6.61 Å². The molecule has 0 aromatic heterocycles. The van der Waals surface area contributed by atoms with E-state index in [2.05, 4.69) is 40.2 Å². The van der Waals surface area contributed by atoms with Crippen molar-refractivity contribution in [2.45, 2.75) is 25.9 Å². The summed E-state index contributed by atoms with van der Waals surface area (Å²) in [6.45, 7) is 2.61. The van der Waals surface area contributed by atoms with Crippen molar-refractivity contribution in [3.05, 3.63) is 63.6 Å². The van der Waals surface area contributed by atoms with Gasteiger partial charge in [0, 0.05) is 4.47 Å². The number of aliphatic hydroxyl groups excluding tert-OH is 1. The summed E-state index contributed by atoms with van der Waals surface area (Å²) < 4.78 is 6.40. The smallest absolute Gasteiger partial charge is 0.120 e. The first-order valence-electron chi connectivity index (χ1n) is 7.36. The number of ether oxygens (including phenoxy) is 1. The maximum absolute atomic E-state index is 10.7. The highest BCUT2D eigenvalue weighted by Crippen LogP contribution is 2.38. The first-order chi connectivity index (χ1) is 10.2. The van der Waals surface area contributed by atoms with Crippen LogP contribution >= 0.6 is 15.9 Å². The lowest BCUT2D eigenvalue weighted by atomic mass is 9.93. The van der Waals surface area contributed by atoms with Gasteiger partial charge in [-0.3, -0.25) is 0 Å². The number of aliphatic hydroxyl groups is 1. The van der Waals surface area contributed by atoms with Crippen LogP contribution in [0.3, 0.4) is 0 Å². The lowest BCUT2D eigenvalue weighted by Gasteiger charge is -2.20. The zero-order chi connectivity index (χ0) is 14.8. The maximum Gasteiger partial charge on any atom is 0.120 e. The van der Waals surface area contributed by atoms with Gasteiger partial charge >= 0.3 is 0 Å². The van der Waals surface area contributed by atoms with Crippen LogP contribution in [0.15, 0.2) is 46.9 Å². The van der Waals surface area contributed by atoms with E-state index < -0.39 is 6.10 Å². The largest absolute Gasteiger partial charge is 0.494 e. The molecule has 3 rings (SSSR count). The summed E-state index contributed by atoms with van der Waals surface area (Å²) in [5.74, 6) is 1.08. The molecule has 3 heteroatoms. The fourth-order valence-corrected chi connectivity index (χ4v) is 3.67. The topological polar surface area (TPSA) is 29.5 Å². The number of hydrogen-bond donors (Lipinski definition) is 1. The van der Waals surface area contributed by atoms with Crippen LogP contribution in [0.25, 0.3) is 0 Å². The average Bonchev–Trinajstić information content (AvgIpc) is 2.91. The summed E-state index contributed by atoms with van der Waals surface area (Å²) >= 11 is 3.56. The molecule has 0 saturated carbocycles. The number of rotatable bonds is 4. The molecule has 0 heterocycles. The summed E-state index contributed by atoms with van der Waals surface area (Å²) in [5, 5.41) is 10.7. The van der Waals surface area contributed by atoms with Crippen molar-refractivity contribution >= 4 is 15.9 Å². The Kier molecular flexibility index (Phi) is 4.32. The molecule has 2 aromatic rings. The molecule has 1 aliphatic carbocycles. The minimum absolute atomic E-state index is 0.247. The molecule has 110 valence electrons. The van der Waals surface area contributed by atoms with Gasteiger partial charge in [0.05, 0.1) is 12.7 Å². The van der Waals surface area contributed by atoms with Gasteiger partial charge in [-0.2, -0.15) is 0 Å². The van der Waals surface area contributed by atoms with Gasteiger partial charge in [0.15, 0.2) is 0 Å². The zero-order valence-corrected chi connectivity index (χ0v) is 13.6. The number of fused-ring (bicyclic) bond motifs is 1. The Bertz CT molecular complexity index is 614. The van der Waals surface area contributed by atoms with Crippen molar-refractivity contribution in [1.29, 1.82) is 0 Å². The molecule has 0 radical (unpaired) electrons. The number of halogens is 1. The van der Waals surface area contributed by atoms with E-state index in [4.69, 9.17) is 4.74 Å². The highest BCUT2D eigenvalue weighted by molar-refractivity contribution is 9.10. The monoisotopic (exact) mass is 346 g/mol. The Morgan fingerprint density at radius 3 is 2.43 bits per heavy atom. The molecule has 0 aliphatic heterocycles. The Morgan fingerprint density at radius 1 is 1.19 bits per heavy atom. The first kappa shape index (κ1) is 14.6. The van der Waals surface area contributed by atoms with Crippen molar-refractivity contribution in [3.8, 4) is 5.75 Å². The van der Waals surface area contributed by atoms with Gasteiger partial charge in [-0.1, -0.05) is 46.3 Å². The highest BCUT2D eigenvalue weighted by Gasteiger charge is 2.29. The number of benzene rings is 2. The van der Waals surface area contributed by atoms with Crippen LogP contribution in [-0.4, -0.2) is 11.7 Å². The van der Waals surface area contributed by atoms with Gasteiger partial charge in [0.25, 0.3) is 0 Å². The van der Waals surface area contributed by atoms with Gasteiger partial charge in [0.2, 0.25) is 0 Å². The van der Waals surface area contributed by atoms with E-state index in [1.54, 1.807) is 0 Å². The third-order valence-electron chi connectivity index (χ3n) is 4.13. The van der Waals surface area contributed by atoms with Crippen LogP contribution in [0.2, 0.25) is 0 Å². The van der Waals surface area contributed by atoms with E-state index in [1.807, 2.05) is 25.1 Å². The van der Waals surface area contributed by atoms with Crippen LogP contribution < -0.4 is 4.74 Å². The van der Waals surface area contributed by atoms with E-state index in [1.165, 1.54) is 11.1 Å². The minimum atomic E-state index is -0.456. The molecule has 1 N–H and O–H groups in total. The summed E-state index contributed by atoms with van der Waals surface area (Å²) in [6, 6.07) is 14.3. The molecular weight excluding hydrogens is 328 g/mol. The van der Waals surface area contributed by atoms with E-state index in [0.717, 1.165) is 28.6 Å². The second kappa shape index (κ2) is 6.20. The van der Waals surface area contributed by atoms with Gasteiger partial charge in [-0.15, -0.1) is 0 Å². The quantitative estimate of drug-likeness (QED) is 0.894. The van der Waals surface area contributed by atoms with Crippen molar-refractivity contribution < 1.29 is 9.84 Å². The van der Waals surface area contributed by atoms with Crippen molar-refractivity contribution in [1.82, 2.24) is 0 Å². The molecule has 1 aliphatic rings. The molecule has 0 fully saturated rings. The van der Waals surface area contributed by atoms with E-state index in [9.17, 15) is 5.11 Å². The lowest BCUT2D eigenvalue weighted by Crippen LogP contribution is -2.13. The van der Waals surface area contributed by atoms with Gasteiger partial charge in [-0.25, -0.2) is 0 Å². The van der Waals surface area contributed by atoms with Gasteiger partial charge in [0.1, 0.15) is 5.75 Å². The fourth-order valence-electron chi connectivity index (χ4n) is 3.07. The van der Waals surface area contributed by atoms with Crippen LogP contribution in [0.5, 0.6) is 5.75 Å². The molecular formula is C18H19BrO2. The Hall–Kier alpha value is -1.32. The second-order valence-electron chi connectivity index (χ2n) is 5.50. The molecule has 0 amide bonds. The summed E-state index contributed by atoms with van der Waals surface area (Å²) in [6.07, 6.45) is 1.43. The maximum atomic E-state index is 10.7. The first-order valence-corrected chi connectivity index (χ1v) is 8.15. The third kappa shape index (κ3) is 2.99. The molecule has 21 heavy (non-hydrogen) atoms. The molecule has 0 bridgehead atoms. The zero-order valence-electron chi connectivity index (χ0n) is 12.1. The highest BCUT2D eigenvalue weighted by atomic mass is 79.9. The molecule has 0 spiro atoms. The SMILES string of the molecule is CCOc1ccc(C(O)C2Cc3ccccc3C2)c(Br)c1.